The Morgan fingerprint density at radius 2 is 1.62 bits per heavy atom. The first-order chi connectivity index (χ1) is 11.5. The largest absolute Gasteiger partial charge is 0.326 e. The van der Waals surface area contributed by atoms with Crippen molar-refractivity contribution in [2.75, 3.05) is 17.2 Å². The van der Waals surface area contributed by atoms with Crippen LogP contribution in [0.25, 0.3) is 0 Å². The zero-order valence-corrected chi connectivity index (χ0v) is 14.0. The van der Waals surface area contributed by atoms with Gasteiger partial charge in [0.2, 0.25) is 11.8 Å². The van der Waals surface area contributed by atoms with Crippen molar-refractivity contribution in [1.29, 1.82) is 0 Å². The third-order valence-corrected chi connectivity index (χ3v) is 3.57. The molecule has 0 aliphatic rings. The Hall–Kier alpha value is -2.66. The second-order valence-corrected chi connectivity index (χ2v) is 5.65. The summed E-state index contributed by atoms with van der Waals surface area (Å²) in [4.78, 5) is 23.1. The average molecular weight is 325 g/mol. The van der Waals surface area contributed by atoms with Gasteiger partial charge in [0.15, 0.2) is 0 Å². The smallest absolute Gasteiger partial charge is 0.225 e. The molecule has 2 amide bonds. The van der Waals surface area contributed by atoms with Gasteiger partial charge in [-0.1, -0.05) is 36.4 Å². The molecule has 0 heterocycles. The summed E-state index contributed by atoms with van der Waals surface area (Å²) in [5.74, 6) is -0.208. The Bertz CT molecular complexity index is 686. The lowest BCUT2D eigenvalue weighted by Gasteiger charge is -2.14. The summed E-state index contributed by atoms with van der Waals surface area (Å²) in [5, 5.41) is 8.87. The van der Waals surface area contributed by atoms with Gasteiger partial charge in [0.25, 0.3) is 0 Å². The average Bonchev–Trinajstić information content (AvgIpc) is 2.55. The normalized spacial score (nSPS) is 11.6. The molecule has 2 rings (SSSR count). The second-order valence-electron chi connectivity index (χ2n) is 5.65. The van der Waals surface area contributed by atoms with Crippen LogP contribution in [-0.2, 0) is 9.59 Å². The third-order valence-electron chi connectivity index (χ3n) is 3.57. The predicted molar refractivity (Wildman–Crippen MR) is 96.9 cm³/mol. The molecule has 0 bridgehead atoms. The Morgan fingerprint density at radius 3 is 2.29 bits per heavy atom. The highest BCUT2D eigenvalue weighted by Gasteiger charge is 2.07. The number of amides is 2. The molecule has 24 heavy (non-hydrogen) atoms. The lowest BCUT2D eigenvalue weighted by molar-refractivity contribution is -0.116. The molecule has 2 aromatic rings. The number of benzene rings is 2. The molecule has 2 aromatic carbocycles. The summed E-state index contributed by atoms with van der Waals surface area (Å²) >= 11 is 0. The summed E-state index contributed by atoms with van der Waals surface area (Å²) in [6, 6.07) is 17.4. The van der Waals surface area contributed by atoms with E-state index in [1.807, 2.05) is 18.2 Å². The summed E-state index contributed by atoms with van der Waals surface area (Å²) in [6.07, 6.45) is 0.377. The van der Waals surface area contributed by atoms with Gasteiger partial charge < -0.3 is 16.0 Å². The maximum Gasteiger partial charge on any atom is 0.225 e. The standard InChI is InChI=1S/C19H23N3O2/c1-14(16-7-4-3-5-8-16)20-12-11-19(24)22-18-10-6-9-17(13-18)21-15(2)23/h3-10,13-14,20H,11-12H2,1-2H3,(H,21,23)(H,22,24). The van der Waals surface area contributed by atoms with Crippen LogP contribution >= 0.6 is 0 Å². The van der Waals surface area contributed by atoms with Crippen molar-refractivity contribution in [1.82, 2.24) is 5.32 Å². The van der Waals surface area contributed by atoms with Gasteiger partial charge in [-0.25, -0.2) is 0 Å². The molecule has 126 valence electrons. The number of anilines is 2. The molecule has 0 aliphatic heterocycles. The zero-order valence-electron chi connectivity index (χ0n) is 14.0. The lowest BCUT2D eigenvalue weighted by atomic mass is 10.1. The van der Waals surface area contributed by atoms with Gasteiger partial charge in [-0.3, -0.25) is 9.59 Å². The molecule has 0 aromatic heterocycles. The minimum Gasteiger partial charge on any atom is -0.326 e. The molecular formula is C19H23N3O2. The maximum absolute atomic E-state index is 12.0. The van der Waals surface area contributed by atoms with Crippen molar-refractivity contribution in [2.24, 2.45) is 0 Å². The fourth-order valence-corrected chi connectivity index (χ4v) is 2.36. The van der Waals surface area contributed by atoms with Crippen LogP contribution in [0.1, 0.15) is 31.9 Å². The second kappa shape index (κ2) is 8.84. The van der Waals surface area contributed by atoms with Gasteiger partial charge >= 0.3 is 0 Å². The van der Waals surface area contributed by atoms with Crippen LogP contribution in [0.5, 0.6) is 0 Å². The highest BCUT2D eigenvalue weighted by atomic mass is 16.2. The molecule has 0 spiro atoms. The Balaban J connectivity index is 1.78. The van der Waals surface area contributed by atoms with E-state index in [1.165, 1.54) is 12.5 Å². The number of nitrogens with one attached hydrogen (secondary N) is 3. The Kier molecular flexibility index (Phi) is 6.51. The van der Waals surface area contributed by atoms with Gasteiger partial charge in [-0.2, -0.15) is 0 Å². The Morgan fingerprint density at radius 1 is 0.958 bits per heavy atom. The Labute approximate surface area is 142 Å². The van der Waals surface area contributed by atoms with Crippen LogP contribution < -0.4 is 16.0 Å². The van der Waals surface area contributed by atoms with E-state index in [2.05, 4.69) is 35.0 Å². The number of rotatable bonds is 7. The predicted octanol–water partition coefficient (Wildman–Crippen LogP) is 3.32. The molecule has 1 unspecified atom stereocenters. The molecule has 0 radical (unpaired) electrons. The van der Waals surface area contributed by atoms with Gasteiger partial charge in [0, 0.05) is 37.3 Å². The third kappa shape index (κ3) is 5.85. The number of hydrogen-bond donors (Lipinski definition) is 3. The van der Waals surface area contributed by atoms with Gasteiger partial charge in [-0.05, 0) is 30.7 Å². The molecule has 5 heteroatoms. The zero-order chi connectivity index (χ0) is 17.4. The first-order valence-corrected chi connectivity index (χ1v) is 8.00. The van der Waals surface area contributed by atoms with Crippen molar-refractivity contribution in [3.05, 3.63) is 60.2 Å². The minimum absolute atomic E-state index is 0.0669. The molecule has 0 saturated heterocycles. The van der Waals surface area contributed by atoms with Gasteiger partial charge in [0.05, 0.1) is 0 Å². The first kappa shape index (κ1) is 17.7. The number of carbonyl (C=O) groups excluding carboxylic acids is 2. The van der Waals surface area contributed by atoms with E-state index in [4.69, 9.17) is 0 Å². The van der Waals surface area contributed by atoms with Crippen LogP contribution in [0.4, 0.5) is 11.4 Å². The van der Waals surface area contributed by atoms with E-state index < -0.39 is 0 Å². The van der Waals surface area contributed by atoms with Crippen LogP contribution in [0.2, 0.25) is 0 Å². The molecule has 0 saturated carbocycles. The van der Waals surface area contributed by atoms with Gasteiger partial charge in [-0.15, -0.1) is 0 Å². The number of hydrogen-bond acceptors (Lipinski definition) is 3. The lowest BCUT2D eigenvalue weighted by Crippen LogP contribution is -2.24. The maximum atomic E-state index is 12.0. The van der Waals surface area contributed by atoms with E-state index in [0.717, 1.165) is 0 Å². The van der Waals surface area contributed by atoms with Crippen molar-refractivity contribution in [2.45, 2.75) is 26.3 Å². The summed E-state index contributed by atoms with van der Waals surface area (Å²) in [5.41, 5.74) is 2.53. The van der Waals surface area contributed by atoms with Gasteiger partial charge in [0.1, 0.15) is 0 Å². The highest BCUT2D eigenvalue weighted by Crippen LogP contribution is 2.15. The fourth-order valence-electron chi connectivity index (χ4n) is 2.36. The minimum atomic E-state index is -0.141. The van der Waals surface area contributed by atoms with E-state index in [1.54, 1.807) is 24.3 Å². The molecule has 0 aliphatic carbocycles. The topological polar surface area (TPSA) is 70.2 Å². The van der Waals surface area contributed by atoms with E-state index in [0.29, 0.717) is 24.3 Å². The highest BCUT2D eigenvalue weighted by molar-refractivity contribution is 5.93. The van der Waals surface area contributed by atoms with E-state index in [-0.39, 0.29) is 17.9 Å². The number of carbonyl (C=O) groups is 2. The monoisotopic (exact) mass is 325 g/mol. The summed E-state index contributed by atoms with van der Waals surface area (Å²) in [6.45, 7) is 4.11. The summed E-state index contributed by atoms with van der Waals surface area (Å²) in [7, 11) is 0. The van der Waals surface area contributed by atoms with Crippen LogP contribution in [0.15, 0.2) is 54.6 Å². The molecule has 5 nitrogen and oxygen atoms in total. The van der Waals surface area contributed by atoms with Crippen LogP contribution in [0.3, 0.4) is 0 Å². The van der Waals surface area contributed by atoms with Crippen molar-refractivity contribution in [3.8, 4) is 0 Å². The summed E-state index contributed by atoms with van der Waals surface area (Å²) < 4.78 is 0. The van der Waals surface area contributed by atoms with Crippen LogP contribution in [-0.4, -0.2) is 18.4 Å². The first-order valence-electron chi connectivity index (χ1n) is 8.00. The molecular weight excluding hydrogens is 302 g/mol. The van der Waals surface area contributed by atoms with Crippen molar-refractivity contribution in [3.63, 3.8) is 0 Å². The van der Waals surface area contributed by atoms with E-state index in [9.17, 15) is 9.59 Å². The molecule has 0 fully saturated rings. The SMILES string of the molecule is CC(=O)Nc1cccc(NC(=O)CCNC(C)c2ccccc2)c1. The fraction of sp³-hybridized carbons (Fsp3) is 0.263. The quantitative estimate of drug-likeness (QED) is 0.731. The van der Waals surface area contributed by atoms with Crippen LogP contribution in [0, 0.1) is 0 Å². The molecule has 3 N–H and O–H groups in total. The molecule has 1 atom stereocenters. The van der Waals surface area contributed by atoms with E-state index >= 15 is 0 Å². The van der Waals surface area contributed by atoms with Crippen molar-refractivity contribution >= 4 is 23.2 Å². The van der Waals surface area contributed by atoms with Crippen molar-refractivity contribution < 1.29 is 9.59 Å².